The van der Waals surface area contributed by atoms with Gasteiger partial charge in [0.1, 0.15) is 6.10 Å². The van der Waals surface area contributed by atoms with Crippen LogP contribution in [0.2, 0.25) is 0 Å². The highest BCUT2D eigenvalue weighted by atomic mass is 16.6. The first-order valence-electron chi connectivity index (χ1n) is 7.17. The molecule has 0 spiro atoms. The quantitative estimate of drug-likeness (QED) is 0.618. The third-order valence-corrected chi connectivity index (χ3v) is 4.54. The van der Waals surface area contributed by atoms with Crippen molar-refractivity contribution in [2.24, 2.45) is 0 Å². The van der Waals surface area contributed by atoms with Crippen molar-refractivity contribution in [1.29, 1.82) is 0 Å². The Morgan fingerprint density at radius 2 is 1.84 bits per heavy atom. The van der Waals surface area contributed by atoms with Crippen molar-refractivity contribution in [2.75, 3.05) is 7.05 Å². The lowest BCUT2D eigenvalue weighted by Crippen LogP contribution is -2.43. The van der Waals surface area contributed by atoms with Crippen LogP contribution in [0.1, 0.15) is 31.2 Å². The minimum Gasteiger partial charge on any atom is -0.462 e. The molecule has 3 heteroatoms. The summed E-state index contributed by atoms with van der Waals surface area (Å²) in [6.07, 6.45) is 5.05. The van der Waals surface area contributed by atoms with Crippen LogP contribution < -0.4 is 0 Å². The van der Waals surface area contributed by atoms with Gasteiger partial charge >= 0.3 is 5.97 Å². The number of rotatable bonds is 3. The highest BCUT2D eigenvalue weighted by Crippen LogP contribution is 2.35. The summed E-state index contributed by atoms with van der Waals surface area (Å²) in [7, 11) is 2.20. The van der Waals surface area contributed by atoms with Crippen LogP contribution in [0.3, 0.4) is 0 Å². The molecule has 2 fully saturated rings. The van der Waals surface area contributed by atoms with Gasteiger partial charge in [-0.1, -0.05) is 30.3 Å². The molecular formula is C16H21NO2. The molecule has 0 radical (unpaired) electrons. The number of carbonyl (C=O) groups excluding carboxylic acids is 1. The Morgan fingerprint density at radius 1 is 1.21 bits per heavy atom. The lowest BCUT2D eigenvalue weighted by atomic mass is 10.0. The molecule has 0 aliphatic carbocycles. The molecule has 0 aromatic heterocycles. The number of carbonyl (C=O) groups is 1. The van der Waals surface area contributed by atoms with Gasteiger partial charge in [0.2, 0.25) is 0 Å². The molecule has 0 saturated carbocycles. The Balaban J connectivity index is 1.53. The lowest BCUT2D eigenvalue weighted by Gasteiger charge is -2.35. The first-order chi connectivity index (χ1) is 9.22. The predicted molar refractivity (Wildman–Crippen MR) is 73.8 cm³/mol. The number of piperidine rings is 1. The Morgan fingerprint density at radius 3 is 2.47 bits per heavy atom. The fourth-order valence-electron chi connectivity index (χ4n) is 3.45. The van der Waals surface area contributed by atoms with Gasteiger partial charge in [0, 0.05) is 12.1 Å². The molecule has 3 rings (SSSR count). The molecule has 19 heavy (non-hydrogen) atoms. The van der Waals surface area contributed by atoms with E-state index < -0.39 is 0 Å². The van der Waals surface area contributed by atoms with Gasteiger partial charge in [0.15, 0.2) is 0 Å². The summed E-state index contributed by atoms with van der Waals surface area (Å²) >= 11 is 0. The van der Waals surface area contributed by atoms with Gasteiger partial charge in [-0.25, -0.2) is 0 Å². The van der Waals surface area contributed by atoms with Gasteiger partial charge in [-0.3, -0.25) is 4.79 Å². The molecule has 2 aliphatic rings. The molecule has 3 nitrogen and oxygen atoms in total. The van der Waals surface area contributed by atoms with E-state index in [0.717, 1.165) is 18.4 Å². The molecule has 0 amide bonds. The molecule has 102 valence electrons. The second kappa shape index (κ2) is 5.33. The molecule has 1 aromatic rings. The fraction of sp³-hybridized carbons (Fsp3) is 0.562. The van der Waals surface area contributed by atoms with Crippen molar-refractivity contribution in [1.82, 2.24) is 4.90 Å². The van der Waals surface area contributed by atoms with Gasteiger partial charge in [0.25, 0.3) is 0 Å². The lowest BCUT2D eigenvalue weighted by molar-refractivity contribution is -0.151. The van der Waals surface area contributed by atoms with Crippen LogP contribution in [0.25, 0.3) is 0 Å². The summed E-state index contributed by atoms with van der Waals surface area (Å²) in [5, 5.41) is 0. The Hall–Kier alpha value is -1.35. The average molecular weight is 261 g/mol. The summed E-state index contributed by atoms with van der Waals surface area (Å²) in [5.74, 6) is -0.0832. The second-order valence-electron chi connectivity index (χ2n) is 5.80. The molecule has 0 N–H and O–H groups in total. The minimum atomic E-state index is -0.0832. The monoisotopic (exact) mass is 261 g/mol. The van der Waals surface area contributed by atoms with E-state index in [1.807, 2.05) is 30.3 Å². The largest absolute Gasteiger partial charge is 0.462 e. The standard InChI is InChI=1S/C16H21NO2/c1-17-13-7-8-14(17)11-15(10-13)19-16(18)9-12-5-3-2-4-6-12/h2-6,13-15H,7-11H2,1H3/t13-,14+,15?/i9+1,16+1. The van der Waals surface area contributed by atoms with E-state index in [9.17, 15) is 4.79 Å². The van der Waals surface area contributed by atoms with Gasteiger partial charge < -0.3 is 9.64 Å². The van der Waals surface area contributed by atoms with Crippen LogP contribution in [-0.2, 0) is 16.0 Å². The van der Waals surface area contributed by atoms with E-state index in [1.165, 1.54) is 12.8 Å². The number of benzene rings is 1. The zero-order chi connectivity index (χ0) is 13.2. The smallest absolute Gasteiger partial charge is 0.310 e. The van der Waals surface area contributed by atoms with Gasteiger partial charge in [-0.05, 0) is 38.3 Å². The topological polar surface area (TPSA) is 29.5 Å². The first-order valence-corrected chi connectivity index (χ1v) is 7.17. The van der Waals surface area contributed by atoms with Crippen molar-refractivity contribution in [2.45, 2.75) is 50.3 Å². The van der Waals surface area contributed by atoms with Crippen molar-refractivity contribution < 1.29 is 9.53 Å². The molecule has 1 aromatic carbocycles. The van der Waals surface area contributed by atoms with Crippen LogP contribution in [0.5, 0.6) is 0 Å². The van der Waals surface area contributed by atoms with E-state index in [2.05, 4.69) is 11.9 Å². The van der Waals surface area contributed by atoms with Crippen LogP contribution in [0, 0.1) is 0 Å². The zero-order valence-electron chi connectivity index (χ0n) is 11.4. The molecular weight excluding hydrogens is 240 g/mol. The van der Waals surface area contributed by atoms with E-state index in [4.69, 9.17) is 4.74 Å². The van der Waals surface area contributed by atoms with Crippen molar-refractivity contribution in [3.63, 3.8) is 0 Å². The van der Waals surface area contributed by atoms with E-state index in [0.29, 0.717) is 18.5 Å². The first kappa shape index (κ1) is 12.7. The van der Waals surface area contributed by atoms with Gasteiger partial charge in [-0.15, -0.1) is 0 Å². The maximum Gasteiger partial charge on any atom is 0.310 e. The summed E-state index contributed by atoms with van der Waals surface area (Å²) < 4.78 is 5.66. The number of hydrogen-bond acceptors (Lipinski definition) is 3. The van der Waals surface area contributed by atoms with Crippen LogP contribution in [-0.4, -0.2) is 36.1 Å². The van der Waals surface area contributed by atoms with E-state index in [1.54, 1.807) is 0 Å². The summed E-state index contributed by atoms with van der Waals surface area (Å²) in [6.45, 7) is 0. The zero-order valence-corrected chi connectivity index (χ0v) is 11.4. The predicted octanol–water partition coefficient (Wildman–Crippen LogP) is 2.40. The molecule has 2 saturated heterocycles. The van der Waals surface area contributed by atoms with Crippen LogP contribution >= 0.6 is 0 Å². The number of hydrogen-bond donors (Lipinski definition) is 0. The Kier molecular flexibility index (Phi) is 3.56. The summed E-state index contributed by atoms with van der Waals surface area (Å²) in [4.78, 5) is 14.4. The fourth-order valence-corrected chi connectivity index (χ4v) is 3.45. The third kappa shape index (κ3) is 2.81. The molecule has 3 atom stereocenters. The maximum atomic E-state index is 12.0. The van der Waals surface area contributed by atoms with Crippen molar-refractivity contribution >= 4 is 5.97 Å². The third-order valence-electron chi connectivity index (χ3n) is 4.54. The number of nitrogens with zero attached hydrogens (tertiary/aromatic N) is 1. The Bertz CT molecular complexity index is 431. The van der Waals surface area contributed by atoms with E-state index in [-0.39, 0.29) is 12.1 Å². The second-order valence-corrected chi connectivity index (χ2v) is 5.80. The summed E-state index contributed by atoms with van der Waals surface area (Å²) in [5.41, 5.74) is 1.03. The molecule has 1 unspecified atom stereocenters. The molecule has 2 aliphatic heterocycles. The van der Waals surface area contributed by atoms with Crippen molar-refractivity contribution in [3.05, 3.63) is 35.9 Å². The normalized spacial score (nSPS) is 30.3. The Labute approximate surface area is 114 Å². The summed E-state index contributed by atoms with van der Waals surface area (Å²) in [6, 6.07) is 11.1. The van der Waals surface area contributed by atoms with Crippen LogP contribution in [0.15, 0.2) is 30.3 Å². The van der Waals surface area contributed by atoms with E-state index >= 15 is 0 Å². The SMILES string of the molecule is CN1[C@@H]2CC[C@H]1CC(O[13C](=O)[13CH2]c1ccccc1)C2. The van der Waals surface area contributed by atoms with Gasteiger partial charge in [-0.2, -0.15) is 0 Å². The minimum absolute atomic E-state index is 0.0832. The number of ether oxygens (including phenoxy) is 1. The van der Waals surface area contributed by atoms with Crippen LogP contribution in [0.4, 0.5) is 0 Å². The number of fused-ring (bicyclic) bond motifs is 2. The highest BCUT2D eigenvalue weighted by Gasteiger charge is 2.39. The average Bonchev–Trinajstić information content (AvgIpc) is 2.63. The van der Waals surface area contributed by atoms with Gasteiger partial charge in [0.05, 0.1) is 6.42 Å². The van der Waals surface area contributed by atoms with Crippen molar-refractivity contribution in [3.8, 4) is 0 Å². The molecule has 2 heterocycles. The maximum absolute atomic E-state index is 12.0. The molecule has 2 bridgehead atoms. The highest BCUT2D eigenvalue weighted by molar-refractivity contribution is 5.72. The number of esters is 1.